The van der Waals surface area contributed by atoms with Gasteiger partial charge in [-0.15, -0.1) is 11.3 Å². The van der Waals surface area contributed by atoms with Crippen molar-refractivity contribution in [2.75, 3.05) is 5.73 Å². The Morgan fingerprint density at radius 2 is 1.95 bits per heavy atom. The Morgan fingerprint density at radius 1 is 1.30 bits per heavy atom. The molecule has 2 aromatic heterocycles. The van der Waals surface area contributed by atoms with Crippen LogP contribution in [0.4, 0.5) is 5.69 Å². The first kappa shape index (κ1) is 14.7. The molecule has 2 N–H and O–H groups in total. The fourth-order valence-electron chi connectivity index (χ4n) is 1.79. The van der Waals surface area contributed by atoms with Crippen molar-refractivity contribution in [2.45, 2.75) is 40.2 Å². The van der Waals surface area contributed by atoms with E-state index in [0.29, 0.717) is 10.6 Å². The molecule has 2 aromatic rings. The second-order valence-electron chi connectivity index (χ2n) is 5.71. The summed E-state index contributed by atoms with van der Waals surface area (Å²) in [6.07, 6.45) is 0. The highest BCUT2D eigenvalue weighted by molar-refractivity contribution is 7.18. The molecule has 0 fully saturated rings. The number of esters is 1. The van der Waals surface area contributed by atoms with E-state index in [1.807, 2.05) is 46.8 Å². The standard InChI is InChI=1S/C15H19NO3S/c1-8-6-7-10(18-8)12-9(2)11(16)13(20-12)14(17)19-15(3,4)5/h6-7H,16H2,1-5H3. The maximum atomic E-state index is 12.2. The summed E-state index contributed by atoms with van der Waals surface area (Å²) in [6, 6.07) is 3.77. The second-order valence-corrected chi connectivity index (χ2v) is 6.73. The number of carbonyl (C=O) groups excluding carboxylic acids is 1. The van der Waals surface area contributed by atoms with Crippen LogP contribution in [0.25, 0.3) is 10.6 Å². The normalized spacial score (nSPS) is 11.7. The lowest BCUT2D eigenvalue weighted by atomic mass is 10.2. The number of ether oxygens (including phenoxy) is 1. The molecule has 2 rings (SSSR count). The smallest absolute Gasteiger partial charge is 0.351 e. The molecule has 108 valence electrons. The van der Waals surface area contributed by atoms with Gasteiger partial charge in [-0.1, -0.05) is 0 Å². The summed E-state index contributed by atoms with van der Waals surface area (Å²) in [4.78, 5) is 13.5. The SMILES string of the molecule is Cc1ccc(-c2sc(C(=O)OC(C)(C)C)c(N)c2C)o1. The van der Waals surface area contributed by atoms with E-state index in [2.05, 4.69) is 0 Å². The Balaban J connectivity index is 2.40. The number of anilines is 1. The Morgan fingerprint density at radius 3 is 2.45 bits per heavy atom. The van der Waals surface area contributed by atoms with E-state index in [1.165, 1.54) is 11.3 Å². The molecule has 0 amide bonds. The summed E-state index contributed by atoms with van der Waals surface area (Å²) in [5, 5.41) is 0. The van der Waals surface area contributed by atoms with Gasteiger partial charge in [0.2, 0.25) is 0 Å². The molecule has 0 atom stereocenters. The third kappa shape index (κ3) is 2.88. The van der Waals surface area contributed by atoms with Gasteiger partial charge >= 0.3 is 5.97 Å². The zero-order chi connectivity index (χ0) is 15.1. The zero-order valence-corrected chi connectivity index (χ0v) is 13.2. The van der Waals surface area contributed by atoms with Crippen LogP contribution in [0.5, 0.6) is 0 Å². The van der Waals surface area contributed by atoms with Gasteiger partial charge in [-0.2, -0.15) is 0 Å². The molecule has 0 bridgehead atoms. The zero-order valence-electron chi connectivity index (χ0n) is 12.4. The van der Waals surface area contributed by atoms with Crippen LogP contribution in [0.15, 0.2) is 16.5 Å². The molecule has 0 spiro atoms. The van der Waals surface area contributed by atoms with Crippen LogP contribution in [-0.2, 0) is 4.74 Å². The van der Waals surface area contributed by atoms with Gasteiger partial charge in [0.15, 0.2) is 0 Å². The topological polar surface area (TPSA) is 65.5 Å². The molecule has 20 heavy (non-hydrogen) atoms. The molecule has 0 radical (unpaired) electrons. The van der Waals surface area contributed by atoms with E-state index in [4.69, 9.17) is 14.9 Å². The summed E-state index contributed by atoms with van der Waals surface area (Å²) < 4.78 is 11.0. The van der Waals surface area contributed by atoms with Gasteiger partial charge in [0, 0.05) is 0 Å². The summed E-state index contributed by atoms with van der Waals surface area (Å²) in [5.41, 5.74) is 6.81. The molecule has 0 saturated carbocycles. The van der Waals surface area contributed by atoms with Gasteiger partial charge in [0.05, 0.1) is 10.6 Å². The Bertz CT molecular complexity index is 647. The van der Waals surface area contributed by atoms with Crippen molar-refractivity contribution in [2.24, 2.45) is 0 Å². The highest BCUT2D eigenvalue weighted by Crippen LogP contribution is 2.39. The lowest BCUT2D eigenvalue weighted by Gasteiger charge is -2.19. The number of rotatable bonds is 2. The predicted molar refractivity (Wildman–Crippen MR) is 81.1 cm³/mol. The first-order chi connectivity index (χ1) is 9.19. The van der Waals surface area contributed by atoms with Crippen molar-refractivity contribution in [3.05, 3.63) is 28.3 Å². The van der Waals surface area contributed by atoms with Crippen molar-refractivity contribution in [3.63, 3.8) is 0 Å². The van der Waals surface area contributed by atoms with Crippen LogP contribution in [0.3, 0.4) is 0 Å². The molecular weight excluding hydrogens is 274 g/mol. The number of furan rings is 1. The molecule has 0 aliphatic heterocycles. The molecule has 2 heterocycles. The van der Waals surface area contributed by atoms with Crippen LogP contribution < -0.4 is 5.73 Å². The first-order valence-corrected chi connectivity index (χ1v) is 7.19. The quantitative estimate of drug-likeness (QED) is 0.844. The number of hydrogen-bond acceptors (Lipinski definition) is 5. The van der Waals surface area contributed by atoms with Crippen LogP contribution in [-0.4, -0.2) is 11.6 Å². The van der Waals surface area contributed by atoms with Crippen LogP contribution in [0.2, 0.25) is 0 Å². The maximum absolute atomic E-state index is 12.2. The van der Waals surface area contributed by atoms with Crippen molar-refractivity contribution in [1.29, 1.82) is 0 Å². The summed E-state index contributed by atoms with van der Waals surface area (Å²) >= 11 is 1.31. The summed E-state index contributed by atoms with van der Waals surface area (Å²) in [7, 11) is 0. The van der Waals surface area contributed by atoms with Crippen molar-refractivity contribution < 1.29 is 13.9 Å². The molecule has 0 unspecified atom stereocenters. The number of nitrogen functional groups attached to an aromatic ring is 1. The number of thiophene rings is 1. The Kier molecular flexibility index (Phi) is 3.65. The largest absolute Gasteiger partial charge is 0.461 e. The molecule has 0 aromatic carbocycles. The third-order valence-electron chi connectivity index (χ3n) is 2.74. The average Bonchev–Trinajstić information content (AvgIpc) is 2.83. The predicted octanol–water partition coefficient (Wildman–Crippen LogP) is 4.16. The van der Waals surface area contributed by atoms with Crippen LogP contribution >= 0.6 is 11.3 Å². The van der Waals surface area contributed by atoms with Crippen LogP contribution in [0, 0.1) is 13.8 Å². The number of hydrogen-bond donors (Lipinski definition) is 1. The van der Waals surface area contributed by atoms with Gasteiger partial charge in [0.25, 0.3) is 0 Å². The van der Waals surface area contributed by atoms with Gasteiger partial charge in [-0.05, 0) is 52.3 Å². The van der Waals surface area contributed by atoms with Crippen molar-refractivity contribution in [3.8, 4) is 10.6 Å². The van der Waals surface area contributed by atoms with E-state index in [9.17, 15) is 4.79 Å². The number of carbonyl (C=O) groups is 1. The maximum Gasteiger partial charge on any atom is 0.351 e. The monoisotopic (exact) mass is 293 g/mol. The molecule has 0 aliphatic rings. The van der Waals surface area contributed by atoms with Gasteiger partial charge in [-0.3, -0.25) is 0 Å². The fraction of sp³-hybridized carbons (Fsp3) is 0.400. The van der Waals surface area contributed by atoms with Gasteiger partial charge in [0.1, 0.15) is 22.0 Å². The van der Waals surface area contributed by atoms with E-state index in [0.717, 1.165) is 22.0 Å². The summed E-state index contributed by atoms with van der Waals surface area (Å²) in [6.45, 7) is 9.26. The number of aryl methyl sites for hydroxylation is 1. The molecule has 0 aliphatic carbocycles. The molecule has 0 saturated heterocycles. The Hall–Kier alpha value is -1.75. The first-order valence-electron chi connectivity index (χ1n) is 6.38. The highest BCUT2D eigenvalue weighted by Gasteiger charge is 2.25. The van der Waals surface area contributed by atoms with Crippen molar-refractivity contribution >= 4 is 23.0 Å². The average molecular weight is 293 g/mol. The lowest BCUT2D eigenvalue weighted by molar-refractivity contribution is 0.00763. The highest BCUT2D eigenvalue weighted by atomic mass is 32.1. The van der Waals surface area contributed by atoms with Gasteiger partial charge in [-0.25, -0.2) is 4.79 Å². The minimum atomic E-state index is -0.539. The minimum absolute atomic E-state index is 0.391. The van der Waals surface area contributed by atoms with E-state index in [1.54, 1.807) is 0 Å². The lowest BCUT2D eigenvalue weighted by Crippen LogP contribution is -2.23. The molecule has 4 nitrogen and oxygen atoms in total. The van der Waals surface area contributed by atoms with Crippen LogP contribution in [0.1, 0.15) is 41.8 Å². The number of nitrogens with two attached hydrogens (primary N) is 1. The molecule has 5 heteroatoms. The second kappa shape index (κ2) is 4.98. The van der Waals surface area contributed by atoms with Gasteiger partial charge < -0.3 is 14.9 Å². The van der Waals surface area contributed by atoms with E-state index < -0.39 is 11.6 Å². The minimum Gasteiger partial charge on any atom is -0.461 e. The third-order valence-corrected chi connectivity index (χ3v) is 4.04. The van der Waals surface area contributed by atoms with Crippen molar-refractivity contribution in [1.82, 2.24) is 0 Å². The fourth-order valence-corrected chi connectivity index (χ4v) is 2.86. The molecular formula is C15H19NO3S. The Labute approximate surface area is 122 Å². The van der Waals surface area contributed by atoms with E-state index in [-0.39, 0.29) is 0 Å². The summed E-state index contributed by atoms with van der Waals surface area (Å²) in [5.74, 6) is 1.16. The van der Waals surface area contributed by atoms with E-state index >= 15 is 0 Å².